The van der Waals surface area contributed by atoms with Crippen molar-refractivity contribution in [3.8, 4) is 0 Å². The number of likely N-dealkylation sites (N-methyl/N-ethyl adjacent to an activating group) is 1. The summed E-state index contributed by atoms with van der Waals surface area (Å²) >= 11 is 0. The van der Waals surface area contributed by atoms with Crippen molar-refractivity contribution in [3.05, 3.63) is 48.6 Å². The molecule has 326 valence electrons. The Morgan fingerprint density at radius 3 is 1.55 bits per heavy atom. The zero-order valence-corrected chi connectivity index (χ0v) is 37.5. The van der Waals surface area contributed by atoms with Crippen molar-refractivity contribution in [2.45, 2.75) is 187 Å². The molecule has 0 aliphatic rings. The van der Waals surface area contributed by atoms with Gasteiger partial charge in [-0.15, -0.1) is 0 Å². The first-order valence-corrected chi connectivity index (χ1v) is 23.8. The number of allylic oxidation sites excluding steroid dienone is 8. The van der Waals surface area contributed by atoms with Crippen LogP contribution in [0.5, 0.6) is 0 Å². The molecule has 0 spiro atoms. The number of esters is 2. The fraction of sp³-hybridized carbons (Fsp3) is 0.783. The largest absolute Gasteiger partial charge is 0.756 e. The molecule has 0 aliphatic heterocycles. The molecule has 0 heterocycles. The van der Waals surface area contributed by atoms with Crippen molar-refractivity contribution in [3.63, 3.8) is 0 Å². The summed E-state index contributed by atoms with van der Waals surface area (Å²) in [4.78, 5) is 37.5. The molecule has 0 aliphatic carbocycles. The molecule has 56 heavy (non-hydrogen) atoms. The summed E-state index contributed by atoms with van der Waals surface area (Å²) in [6.07, 6.45) is 44.1. The van der Waals surface area contributed by atoms with E-state index in [0.29, 0.717) is 17.4 Å². The van der Waals surface area contributed by atoms with Crippen LogP contribution in [0.4, 0.5) is 0 Å². The van der Waals surface area contributed by atoms with E-state index in [1.807, 2.05) is 21.1 Å². The van der Waals surface area contributed by atoms with Crippen LogP contribution < -0.4 is 4.89 Å². The summed E-state index contributed by atoms with van der Waals surface area (Å²) in [7, 11) is 1.14. The Labute approximate surface area is 343 Å². The van der Waals surface area contributed by atoms with Gasteiger partial charge >= 0.3 is 11.9 Å². The van der Waals surface area contributed by atoms with Crippen LogP contribution in [0.3, 0.4) is 0 Å². The van der Waals surface area contributed by atoms with Crippen LogP contribution in [0.15, 0.2) is 48.6 Å². The Hall–Kier alpha value is -2.03. The van der Waals surface area contributed by atoms with Gasteiger partial charge in [0, 0.05) is 12.8 Å². The summed E-state index contributed by atoms with van der Waals surface area (Å²) in [5, 5.41) is 0. The number of phosphoric acid groups is 1. The van der Waals surface area contributed by atoms with Gasteiger partial charge in [-0.3, -0.25) is 14.2 Å². The van der Waals surface area contributed by atoms with Gasteiger partial charge in [0.25, 0.3) is 7.82 Å². The quantitative estimate of drug-likeness (QED) is 0.0150. The molecule has 0 radical (unpaired) electrons. The topological polar surface area (TPSA) is 111 Å². The van der Waals surface area contributed by atoms with E-state index in [2.05, 4.69) is 62.5 Å². The highest BCUT2D eigenvalue weighted by atomic mass is 31.2. The van der Waals surface area contributed by atoms with E-state index in [4.69, 9.17) is 18.5 Å². The molecule has 0 saturated carbocycles. The number of nitrogens with zero attached hydrogens (tertiary/aromatic N) is 1. The van der Waals surface area contributed by atoms with E-state index < -0.39 is 32.5 Å². The zero-order chi connectivity index (χ0) is 41.4. The predicted octanol–water partition coefficient (Wildman–Crippen LogP) is 12.1. The normalized spacial score (nSPS) is 14.0. The fourth-order valence-electron chi connectivity index (χ4n) is 5.79. The van der Waals surface area contributed by atoms with Gasteiger partial charge in [0.1, 0.15) is 19.8 Å². The number of unbranched alkanes of at least 4 members (excludes halogenated alkanes) is 19. The molecule has 0 bridgehead atoms. The third kappa shape index (κ3) is 41.6. The van der Waals surface area contributed by atoms with Crippen LogP contribution in [0.2, 0.25) is 0 Å². The van der Waals surface area contributed by atoms with Crippen molar-refractivity contribution >= 4 is 19.8 Å². The van der Waals surface area contributed by atoms with Crippen molar-refractivity contribution in [1.82, 2.24) is 0 Å². The van der Waals surface area contributed by atoms with Crippen molar-refractivity contribution in [2.75, 3.05) is 47.5 Å². The molecular formula is C46H84NO8P. The van der Waals surface area contributed by atoms with E-state index in [1.54, 1.807) is 0 Å². The first-order chi connectivity index (χ1) is 27.0. The standard InChI is InChI=1S/C46H84NO8P/c1-6-8-10-12-14-16-18-20-22-23-25-26-28-30-32-34-36-38-45(48)52-42-44(43-54-56(50,51)53-41-40-47(3,4)5)55-46(49)39-37-35-33-31-29-27-24-21-19-17-15-13-11-9-7-2/h14,16-17,19-22,24,44H,6-13,15,18,23,25-43H2,1-5H3/b16-14+,19-17+,22-20+,24-21+/t44-/m1/s1. The minimum absolute atomic E-state index is 0.0368. The maximum Gasteiger partial charge on any atom is 0.306 e. The van der Waals surface area contributed by atoms with E-state index >= 15 is 0 Å². The van der Waals surface area contributed by atoms with E-state index in [1.165, 1.54) is 70.6 Å². The molecule has 0 aromatic rings. The minimum Gasteiger partial charge on any atom is -0.756 e. The van der Waals surface area contributed by atoms with Crippen LogP contribution in [-0.4, -0.2) is 70.0 Å². The highest BCUT2D eigenvalue weighted by Gasteiger charge is 2.21. The summed E-state index contributed by atoms with van der Waals surface area (Å²) < 4.78 is 33.9. The molecule has 9 nitrogen and oxygen atoms in total. The van der Waals surface area contributed by atoms with Crippen molar-refractivity contribution in [1.29, 1.82) is 0 Å². The highest BCUT2D eigenvalue weighted by Crippen LogP contribution is 2.38. The van der Waals surface area contributed by atoms with E-state index in [0.717, 1.165) is 77.0 Å². The first kappa shape index (κ1) is 54.0. The monoisotopic (exact) mass is 810 g/mol. The maximum atomic E-state index is 12.7. The second-order valence-electron chi connectivity index (χ2n) is 16.1. The second kappa shape index (κ2) is 38.5. The van der Waals surface area contributed by atoms with Gasteiger partial charge in [-0.25, -0.2) is 0 Å². The average molecular weight is 810 g/mol. The zero-order valence-electron chi connectivity index (χ0n) is 36.6. The Kier molecular flexibility index (Phi) is 37.1. The summed E-state index contributed by atoms with van der Waals surface area (Å²) in [5.41, 5.74) is 0. The molecular weight excluding hydrogens is 725 g/mol. The molecule has 0 amide bonds. The van der Waals surface area contributed by atoms with Gasteiger partial charge in [0.2, 0.25) is 0 Å². The molecule has 10 heteroatoms. The molecule has 0 N–H and O–H groups in total. The van der Waals surface area contributed by atoms with Gasteiger partial charge in [-0.05, 0) is 70.6 Å². The van der Waals surface area contributed by atoms with E-state index in [-0.39, 0.29) is 26.1 Å². The third-order valence-corrected chi connectivity index (χ3v) is 10.3. The Bertz CT molecular complexity index is 1100. The lowest BCUT2D eigenvalue weighted by molar-refractivity contribution is -0.870. The third-order valence-electron chi connectivity index (χ3n) is 9.35. The molecule has 0 fully saturated rings. The van der Waals surface area contributed by atoms with Crippen molar-refractivity contribution < 1.29 is 42.1 Å². The molecule has 0 rings (SSSR count). The molecule has 0 aromatic heterocycles. The summed E-state index contributed by atoms with van der Waals surface area (Å²) in [6, 6.07) is 0. The molecule has 1 unspecified atom stereocenters. The van der Waals surface area contributed by atoms with Crippen LogP contribution >= 0.6 is 7.82 Å². The van der Waals surface area contributed by atoms with Crippen LogP contribution in [0.25, 0.3) is 0 Å². The number of carbonyl (C=O) groups is 2. The van der Waals surface area contributed by atoms with Gasteiger partial charge < -0.3 is 27.9 Å². The SMILES string of the molecule is CCCCC/C=C/C/C=C/CCCCCCCCCC(=O)OC[C@H](COP(=O)([O-])OCC[N+](C)(C)C)OC(=O)CCCCCCC/C=C/C=C/CCCCCC. The highest BCUT2D eigenvalue weighted by molar-refractivity contribution is 7.45. The lowest BCUT2D eigenvalue weighted by atomic mass is 10.1. The predicted molar refractivity (Wildman–Crippen MR) is 231 cm³/mol. The van der Waals surface area contributed by atoms with Crippen LogP contribution in [0, 0.1) is 0 Å². The number of hydrogen-bond acceptors (Lipinski definition) is 8. The van der Waals surface area contributed by atoms with Crippen molar-refractivity contribution in [2.24, 2.45) is 0 Å². The van der Waals surface area contributed by atoms with Crippen LogP contribution in [0.1, 0.15) is 181 Å². The second-order valence-corrected chi connectivity index (χ2v) is 17.5. The summed E-state index contributed by atoms with van der Waals surface area (Å²) in [6.45, 7) is 4.15. The molecule has 0 aromatic carbocycles. The number of rotatable bonds is 40. The number of hydrogen-bond donors (Lipinski definition) is 0. The first-order valence-electron chi connectivity index (χ1n) is 22.4. The Balaban J connectivity index is 4.39. The van der Waals surface area contributed by atoms with E-state index in [9.17, 15) is 19.0 Å². The molecule has 2 atom stereocenters. The van der Waals surface area contributed by atoms with Gasteiger partial charge in [0.15, 0.2) is 6.10 Å². The lowest BCUT2D eigenvalue weighted by Gasteiger charge is -2.28. The van der Waals surface area contributed by atoms with Gasteiger partial charge in [0.05, 0.1) is 27.7 Å². The van der Waals surface area contributed by atoms with Crippen LogP contribution in [-0.2, 0) is 32.7 Å². The number of phosphoric ester groups is 1. The number of carbonyl (C=O) groups excluding carboxylic acids is 2. The number of quaternary nitrogens is 1. The number of ether oxygens (including phenoxy) is 2. The van der Waals surface area contributed by atoms with Gasteiger partial charge in [-0.1, -0.05) is 146 Å². The fourth-order valence-corrected chi connectivity index (χ4v) is 6.52. The summed E-state index contributed by atoms with van der Waals surface area (Å²) in [5.74, 6) is -0.862. The van der Waals surface area contributed by atoms with Gasteiger partial charge in [-0.2, -0.15) is 0 Å². The average Bonchev–Trinajstić information content (AvgIpc) is 3.15. The Morgan fingerprint density at radius 2 is 1.02 bits per heavy atom. The minimum atomic E-state index is -4.63. The molecule has 0 saturated heterocycles. The maximum absolute atomic E-state index is 12.7. The lowest BCUT2D eigenvalue weighted by Crippen LogP contribution is -2.37. The Morgan fingerprint density at radius 1 is 0.571 bits per heavy atom. The smallest absolute Gasteiger partial charge is 0.306 e.